The SMILES string of the molecule is COc1ccc(/C=C/c2noc(=O)n2CC(O)CNC(C)(C)C)cc1OC. The van der Waals surface area contributed by atoms with Gasteiger partial charge in [-0.3, -0.25) is 9.09 Å². The van der Waals surface area contributed by atoms with Gasteiger partial charge in [0.2, 0.25) is 0 Å². The maximum atomic E-state index is 11.9. The average Bonchev–Trinajstić information content (AvgIpc) is 2.97. The van der Waals surface area contributed by atoms with Crippen LogP contribution in [-0.2, 0) is 6.54 Å². The van der Waals surface area contributed by atoms with Crippen LogP contribution in [-0.4, -0.2) is 47.2 Å². The molecular weight excluding hydrogens is 350 g/mol. The zero-order chi connectivity index (χ0) is 20.0. The van der Waals surface area contributed by atoms with E-state index >= 15 is 0 Å². The summed E-state index contributed by atoms with van der Waals surface area (Å²) in [5.41, 5.74) is 0.709. The molecule has 0 aliphatic carbocycles. The summed E-state index contributed by atoms with van der Waals surface area (Å²) < 4.78 is 16.5. The van der Waals surface area contributed by atoms with Crippen molar-refractivity contribution >= 4 is 12.2 Å². The van der Waals surface area contributed by atoms with Crippen LogP contribution in [0.15, 0.2) is 27.5 Å². The lowest BCUT2D eigenvalue weighted by Gasteiger charge is -2.22. The normalized spacial score (nSPS) is 13.1. The van der Waals surface area contributed by atoms with Gasteiger partial charge in [0.25, 0.3) is 0 Å². The molecule has 148 valence electrons. The summed E-state index contributed by atoms with van der Waals surface area (Å²) in [4.78, 5) is 11.9. The molecule has 1 aromatic carbocycles. The fourth-order valence-corrected chi connectivity index (χ4v) is 2.39. The van der Waals surface area contributed by atoms with Crippen LogP contribution in [0.1, 0.15) is 32.2 Å². The monoisotopic (exact) mass is 377 g/mol. The second-order valence-electron chi connectivity index (χ2n) is 7.15. The maximum absolute atomic E-state index is 11.9. The molecule has 0 aliphatic heterocycles. The van der Waals surface area contributed by atoms with Crippen molar-refractivity contribution in [2.24, 2.45) is 0 Å². The first-order valence-corrected chi connectivity index (χ1v) is 8.63. The zero-order valence-corrected chi connectivity index (χ0v) is 16.4. The molecule has 0 aliphatic rings. The minimum absolute atomic E-state index is 0.0804. The van der Waals surface area contributed by atoms with E-state index in [1.165, 1.54) is 4.57 Å². The van der Waals surface area contributed by atoms with Gasteiger partial charge in [-0.2, -0.15) is 0 Å². The van der Waals surface area contributed by atoms with Crippen molar-refractivity contribution in [2.75, 3.05) is 20.8 Å². The fourth-order valence-electron chi connectivity index (χ4n) is 2.39. The molecule has 8 nitrogen and oxygen atoms in total. The first kappa shape index (κ1) is 20.7. The Labute approximate surface area is 158 Å². The van der Waals surface area contributed by atoms with Crippen LogP contribution in [0, 0.1) is 0 Å². The van der Waals surface area contributed by atoms with Gasteiger partial charge in [0.15, 0.2) is 17.3 Å². The number of nitrogens with one attached hydrogen (secondary N) is 1. The molecular formula is C19H27N3O5. The molecule has 2 N–H and O–H groups in total. The number of methoxy groups -OCH3 is 2. The Kier molecular flexibility index (Phi) is 6.81. The topological polar surface area (TPSA) is 98.8 Å². The molecule has 1 atom stereocenters. The van der Waals surface area contributed by atoms with Crippen molar-refractivity contribution in [1.29, 1.82) is 0 Å². The van der Waals surface area contributed by atoms with Crippen LogP contribution in [0.4, 0.5) is 0 Å². The Balaban J connectivity index is 2.14. The lowest BCUT2D eigenvalue weighted by atomic mass is 10.1. The average molecular weight is 377 g/mol. The smallest absolute Gasteiger partial charge is 0.441 e. The number of aliphatic hydroxyl groups excluding tert-OH is 1. The molecule has 2 aromatic rings. The molecule has 0 spiro atoms. The predicted molar refractivity (Wildman–Crippen MR) is 103 cm³/mol. The van der Waals surface area contributed by atoms with Gasteiger partial charge in [0.1, 0.15) is 0 Å². The van der Waals surface area contributed by atoms with Gasteiger partial charge in [-0.05, 0) is 44.5 Å². The van der Waals surface area contributed by atoms with Gasteiger partial charge < -0.3 is 19.9 Å². The molecule has 1 aromatic heterocycles. The van der Waals surface area contributed by atoms with Crippen LogP contribution in [0.3, 0.4) is 0 Å². The van der Waals surface area contributed by atoms with Crippen LogP contribution in [0.2, 0.25) is 0 Å². The number of hydrogen-bond acceptors (Lipinski definition) is 7. The highest BCUT2D eigenvalue weighted by Crippen LogP contribution is 2.28. The van der Waals surface area contributed by atoms with E-state index in [0.29, 0.717) is 23.9 Å². The third kappa shape index (κ3) is 5.97. The van der Waals surface area contributed by atoms with Crippen molar-refractivity contribution in [3.8, 4) is 11.5 Å². The molecule has 1 heterocycles. The second kappa shape index (κ2) is 8.88. The Hall–Kier alpha value is -2.58. The van der Waals surface area contributed by atoms with Crippen molar-refractivity contribution in [1.82, 2.24) is 15.0 Å². The Morgan fingerprint density at radius 2 is 1.96 bits per heavy atom. The van der Waals surface area contributed by atoms with Crippen LogP contribution in [0.5, 0.6) is 11.5 Å². The molecule has 0 fully saturated rings. The Morgan fingerprint density at radius 1 is 1.26 bits per heavy atom. The van der Waals surface area contributed by atoms with Crippen LogP contribution in [0.25, 0.3) is 12.2 Å². The number of benzene rings is 1. The number of aliphatic hydroxyl groups is 1. The third-order valence-corrected chi connectivity index (χ3v) is 3.81. The number of nitrogens with zero attached hydrogens (tertiary/aromatic N) is 2. The van der Waals surface area contributed by atoms with E-state index in [9.17, 15) is 9.90 Å². The first-order chi connectivity index (χ1) is 12.7. The predicted octanol–water partition coefficient (Wildman–Crippen LogP) is 1.77. The Bertz CT molecular complexity index is 833. The van der Waals surface area contributed by atoms with E-state index in [4.69, 9.17) is 14.0 Å². The number of aromatic nitrogens is 2. The summed E-state index contributed by atoms with van der Waals surface area (Å²) >= 11 is 0. The van der Waals surface area contributed by atoms with Gasteiger partial charge in [-0.1, -0.05) is 17.3 Å². The molecule has 27 heavy (non-hydrogen) atoms. The first-order valence-electron chi connectivity index (χ1n) is 8.63. The van der Waals surface area contributed by atoms with Gasteiger partial charge in [0, 0.05) is 12.1 Å². The van der Waals surface area contributed by atoms with Crippen LogP contribution < -0.4 is 20.5 Å². The largest absolute Gasteiger partial charge is 0.493 e. The van der Waals surface area contributed by atoms with Gasteiger partial charge in [0.05, 0.1) is 26.9 Å². The van der Waals surface area contributed by atoms with Crippen molar-refractivity contribution in [2.45, 2.75) is 39.0 Å². The molecule has 8 heteroatoms. The zero-order valence-electron chi connectivity index (χ0n) is 16.4. The molecule has 0 amide bonds. The second-order valence-corrected chi connectivity index (χ2v) is 7.15. The quantitative estimate of drug-likeness (QED) is 0.723. The number of β-amino-alcohol motifs (C(OH)–C–C–N with tert-alkyl or cyclic N) is 1. The van der Waals surface area contributed by atoms with Crippen molar-refractivity contribution in [3.63, 3.8) is 0 Å². The summed E-state index contributed by atoms with van der Waals surface area (Å²) in [6.07, 6.45) is 2.67. The molecule has 1 unspecified atom stereocenters. The summed E-state index contributed by atoms with van der Waals surface area (Å²) in [6, 6.07) is 5.44. The summed E-state index contributed by atoms with van der Waals surface area (Å²) in [6.45, 7) is 6.44. The summed E-state index contributed by atoms with van der Waals surface area (Å²) in [7, 11) is 3.13. The Morgan fingerprint density at radius 3 is 2.59 bits per heavy atom. The highest BCUT2D eigenvalue weighted by atomic mass is 16.5. The lowest BCUT2D eigenvalue weighted by Crippen LogP contribution is -2.42. The molecule has 0 saturated heterocycles. The van der Waals surface area contributed by atoms with E-state index in [1.54, 1.807) is 38.5 Å². The summed E-state index contributed by atoms with van der Waals surface area (Å²) in [5, 5.41) is 17.2. The minimum Gasteiger partial charge on any atom is -0.493 e. The molecule has 2 rings (SSSR count). The highest BCUT2D eigenvalue weighted by molar-refractivity contribution is 5.68. The van der Waals surface area contributed by atoms with E-state index in [1.807, 2.05) is 26.8 Å². The van der Waals surface area contributed by atoms with E-state index in [2.05, 4.69) is 10.5 Å². The van der Waals surface area contributed by atoms with E-state index in [0.717, 1.165) is 5.56 Å². The van der Waals surface area contributed by atoms with E-state index in [-0.39, 0.29) is 12.1 Å². The lowest BCUT2D eigenvalue weighted by molar-refractivity contribution is 0.139. The van der Waals surface area contributed by atoms with Gasteiger partial charge in [-0.25, -0.2) is 4.79 Å². The maximum Gasteiger partial charge on any atom is 0.441 e. The van der Waals surface area contributed by atoms with Crippen molar-refractivity contribution in [3.05, 3.63) is 40.1 Å². The number of ether oxygens (including phenoxy) is 2. The van der Waals surface area contributed by atoms with E-state index < -0.39 is 11.9 Å². The molecule has 0 saturated carbocycles. The standard InChI is InChI=1S/C19H27N3O5/c1-19(2,3)20-11-14(23)12-22-17(21-27-18(22)24)9-7-13-6-8-15(25-4)16(10-13)26-5/h6-10,14,20,23H,11-12H2,1-5H3/b9-7+. The minimum atomic E-state index is -0.755. The van der Waals surface area contributed by atoms with Crippen LogP contribution >= 0.6 is 0 Å². The van der Waals surface area contributed by atoms with Gasteiger partial charge >= 0.3 is 5.76 Å². The molecule has 0 bridgehead atoms. The third-order valence-electron chi connectivity index (χ3n) is 3.81. The highest BCUT2D eigenvalue weighted by Gasteiger charge is 2.16. The number of hydrogen-bond donors (Lipinski definition) is 2. The number of rotatable bonds is 8. The van der Waals surface area contributed by atoms with Gasteiger partial charge in [-0.15, -0.1) is 0 Å². The summed E-state index contributed by atoms with van der Waals surface area (Å²) in [5.74, 6) is 0.935. The fraction of sp³-hybridized carbons (Fsp3) is 0.474. The molecule has 0 radical (unpaired) electrons. The van der Waals surface area contributed by atoms with Crippen molar-refractivity contribution < 1.29 is 19.1 Å².